The lowest BCUT2D eigenvalue weighted by Gasteiger charge is -2.16. The first kappa shape index (κ1) is 8.53. The summed E-state index contributed by atoms with van der Waals surface area (Å²) in [6, 6.07) is 8.04. The fraction of sp³-hybridized carbons (Fsp3) is 0.250. The Kier molecular flexibility index (Phi) is 1.95. The number of benzene rings is 1. The second-order valence-corrected chi connectivity index (χ2v) is 3.71. The summed E-state index contributed by atoms with van der Waals surface area (Å²) in [6.45, 7) is 0. The van der Waals surface area contributed by atoms with Gasteiger partial charge in [0.15, 0.2) is 6.10 Å². The summed E-state index contributed by atoms with van der Waals surface area (Å²) >= 11 is 0. The van der Waals surface area contributed by atoms with Crippen molar-refractivity contribution in [3.05, 3.63) is 42.4 Å². The molecule has 1 aliphatic rings. The maximum Gasteiger partial charge on any atom is 0.155 e. The Morgan fingerprint density at radius 3 is 3.07 bits per heavy atom. The number of rotatable bonds is 1. The number of imidazole rings is 1. The third-order valence-corrected chi connectivity index (χ3v) is 2.65. The Morgan fingerprint density at radius 1 is 1.33 bits per heavy atom. The summed E-state index contributed by atoms with van der Waals surface area (Å²) in [7, 11) is 0. The van der Waals surface area contributed by atoms with Crippen molar-refractivity contribution in [2.45, 2.75) is 18.9 Å². The lowest BCUT2D eigenvalue weighted by molar-refractivity contribution is 0.118. The molecule has 3 heteroatoms. The van der Waals surface area contributed by atoms with E-state index in [9.17, 15) is 0 Å². The second-order valence-electron chi connectivity index (χ2n) is 3.71. The van der Waals surface area contributed by atoms with E-state index in [0.29, 0.717) is 0 Å². The average Bonchev–Trinajstić information content (AvgIpc) is 2.74. The van der Waals surface area contributed by atoms with E-state index in [1.54, 1.807) is 6.26 Å². The summed E-state index contributed by atoms with van der Waals surface area (Å²) in [5, 5.41) is 0. The molecule has 1 aromatic heterocycles. The summed E-state index contributed by atoms with van der Waals surface area (Å²) in [4.78, 5) is 7.82. The van der Waals surface area contributed by atoms with Gasteiger partial charge in [-0.1, -0.05) is 12.1 Å². The first-order valence-electron chi connectivity index (χ1n) is 5.18. The van der Waals surface area contributed by atoms with Crippen LogP contribution >= 0.6 is 0 Å². The molecule has 3 rings (SSSR count). The van der Waals surface area contributed by atoms with E-state index in [4.69, 9.17) is 4.74 Å². The minimum atomic E-state index is 0.0856. The lowest BCUT2D eigenvalue weighted by atomic mass is 10.1. The van der Waals surface area contributed by atoms with Crippen LogP contribution < -0.4 is 0 Å². The van der Waals surface area contributed by atoms with Crippen molar-refractivity contribution in [2.24, 2.45) is 0 Å². The highest BCUT2D eigenvalue weighted by molar-refractivity contribution is 5.74. The van der Waals surface area contributed by atoms with E-state index in [0.717, 1.165) is 29.7 Å². The van der Waals surface area contributed by atoms with Gasteiger partial charge in [0.2, 0.25) is 0 Å². The third-order valence-electron chi connectivity index (χ3n) is 2.65. The summed E-state index contributed by atoms with van der Waals surface area (Å²) < 4.78 is 5.52. The Labute approximate surface area is 87.8 Å². The van der Waals surface area contributed by atoms with Crippen LogP contribution in [0.1, 0.15) is 24.8 Å². The molecule has 0 aliphatic carbocycles. The molecule has 0 unspecified atom stereocenters. The van der Waals surface area contributed by atoms with Gasteiger partial charge in [-0.3, -0.25) is 0 Å². The molecule has 0 amide bonds. The van der Waals surface area contributed by atoms with Crippen LogP contribution in [-0.4, -0.2) is 9.97 Å². The van der Waals surface area contributed by atoms with E-state index in [1.807, 2.05) is 30.3 Å². The van der Waals surface area contributed by atoms with Crippen LogP contribution in [0.2, 0.25) is 0 Å². The molecule has 2 heterocycles. The average molecular weight is 200 g/mol. The minimum Gasteiger partial charge on any atom is -0.490 e. The molecule has 0 spiro atoms. The van der Waals surface area contributed by atoms with Crippen LogP contribution in [0.15, 0.2) is 36.6 Å². The second kappa shape index (κ2) is 3.42. The zero-order chi connectivity index (χ0) is 10.1. The number of aromatic amines is 1. The predicted octanol–water partition coefficient (Wildman–Crippen LogP) is 2.93. The van der Waals surface area contributed by atoms with Gasteiger partial charge < -0.3 is 9.72 Å². The standard InChI is InChI=1S/C12H12N2O/c1-2-6-10-9(5-1)13-12(14-10)11-7-3-4-8-15-11/h1-2,4-6,8,11H,3,7H2,(H,13,14)/t11-/m0/s1. The Hall–Kier alpha value is -1.77. The monoisotopic (exact) mass is 200 g/mol. The molecule has 1 atom stereocenters. The number of nitrogens with zero attached hydrogens (tertiary/aromatic N) is 1. The SMILES string of the molecule is C1=CO[C@H](c2nc3ccccc3[nH]2)CC1. The molecular weight excluding hydrogens is 188 g/mol. The quantitative estimate of drug-likeness (QED) is 0.768. The van der Waals surface area contributed by atoms with E-state index in [1.165, 1.54) is 0 Å². The molecule has 0 fully saturated rings. The number of H-pyrrole nitrogens is 1. The Bertz CT molecular complexity index is 468. The van der Waals surface area contributed by atoms with Crippen LogP contribution in [0.4, 0.5) is 0 Å². The van der Waals surface area contributed by atoms with Gasteiger partial charge in [-0.05, 0) is 31.1 Å². The molecule has 0 saturated carbocycles. The third kappa shape index (κ3) is 1.50. The number of fused-ring (bicyclic) bond motifs is 1. The van der Waals surface area contributed by atoms with Gasteiger partial charge in [-0.25, -0.2) is 4.98 Å². The normalized spacial score (nSPS) is 20.4. The molecule has 76 valence electrons. The molecule has 1 N–H and O–H groups in total. The molecule has 1 aromatic carbocycles. The minimum absolute atomic E-state index is 0.0856. The fourth-order valence-electron chi connectivity index (χ4n) is 1.86. The lowest BCUT2D eigenvalue weighted by Crippen LogP contribution is -2.05. The van der Waals surface area contributed by atoms with Crippen LogP contribution in [-0.2, 0) is 4.74 Å². The predicted molar refractivity (Wildman–Crippen MR) is 58.3 cm³/mol. The van der Waals surface area contributed by atoms with Crippen molar-refractivity contribution < 1.29 is 4.74 Å². The molecular formula is C12H12N2O. The van der Waals surface area contributed by atoms with Gasteiger partial charge >= 0.3 is 0 Å². The maximum absolute atomic E-state index is 5.52. The molecule has 0 bridgehead atoms. The van der Waals surface area contributed by atoms with Crippen molar-refractivity contribution in [2.75, 3.05) is 0 Å². The molecule has 3 nitrogen and oxygen atoms in total. The first-order chi connectivity index (χ1) is 7.43. The van der Waals surface area contributed by atoms with E-state index in [-0.39, 0.29) is 6.10 Å². The highest BCUT2D eigenvalue weighted by Crippen LogP contribution is 2.26. The number of ether oxygens (including phenoxy) is 1. The van der Waals surface area contributed by atoms with Gasteiger partial charge in [0.25, 0.3) is 0 Å². The van der Waals surface area contributed by atoms with E-state index >= 15 is 0 Å². The summed E-state index contributed by atoms with van der Waals surface area (Å²) in [6.07, 6.45) is 5.95. The molecule has 1 aliphatic heterocycles. The molecule has 15 heavy (non-hydrogen) atoms. The number of hydrogen-bond donors (Lipinski definition) is 1. The van der Waals surface area contributed by atoms with Crippen molar-refractivity contribution in [3.63, 3.8) is 0 Å². The van der Waals surface area contributed by atoms with Gasteiger partial charge in [0.1, 0.15) is 5.82 Å². The van der Waals surface area contributed by atoms with Gasteiger partial charge in [0, 0.05) is 0 Å². The Morgan fingerprint density at radius 2 is 2.27 bits per heavy atom. The molecule has 2 aromatic rings. The number of para-hydroxylation sites is 2. The van der Waals surface area contributed by atoms with Crippen LogP contribution in [0, 0.1) is 0 Å². The van der Waals surface area contributed by atoms with Gasteiger partial charge in [-0.15, -0.1) is 0 Å². The Balaban J connectivity index is 2.00. The highest BCUT2D eigenvalue weighted by Gasteiger charge is 2.17. The first-order valence-corrected chi connectivity index (χ1v) is 5.18. The topological polar surface area (TPSA) is 37.9 Å². The largest absolute Gasteiger partial charge is 0.490 e. The van der Waals surface area contributed by atoms with Crippen LogP contribution in [0.25, 0.3) is 11.0 Å². The van der Waals surface area contributed by atoms with Crippen LogP contribution in [0.3, 0.4) is 0 Å². The fourth-order valence-corrected chi connectivity index (χ4v) is 1.86. The molecule has 0 radical (unpaired) electrons. The van der Waals surface area contributed by atoms with Crippen LogP contribution in [0.5, 0.6) is 0 Å². The summed E-state index contributed by atoms with van der Waals surface area (Å²) in [5.74, 6) is 0.931. The van der Waals surface area contributed by atoms with Crippen molar-refractivity contribution >= 4 is 11.0 Å². The zero-order valence-corrected chi connectivity index (χ0v) is 8.31. The number of hydrogen-bond acceptors (Lipinski definition) is 2. The van der Waals surface area contributed by atoms with E-state index in [2.05, 4.69) is 9.97 Å². The van der Waals surface area contributed by atoms with Crippen molar-refractivity contribution in [1.82, 2.24) is 9.97 Å². The maximum atomic E-state index is 5.52. The zero-order valence-electron chi connectivity index (χ0n) is 8.31. The van der Waals surface area contributed by atoms with E-state index < -0.39 is 0 Å². The number of nitrogens with one attached hydrogen (secondary N) is 1. The highest BCUT2D eigenvalue weighted by atomic mass is 16.5. The summed E-state index contributed by atoms with van der Waals surface area (Å²) in [5.41, 5.74) is 2.08. The van der Waals surface area contributed by atoms with Crippen molar-refractivity contribution in [1.29, 1.82) is 0 Å². The molecule has 0 saturated heterocycles. The van der Waals surface area contributed by atoms with Crippen molar-refractivity contribution in [3.8, 4) is 0 Å². The van der Waals surface area contributed by atoms with Gasteiger partial charge in [0.05, 0.1) is 17.3 Å². The van der Waals surface area contributed by atoms with Gasteiger partial charge in [-0.2, -0.15) is 0 Å². The number of allylic oxidation sites excluding steroid dienone is 1. The smallest absolute Gasteiger partial charge is 0.155 e. The number of aromatic nitrogens is 2.